The van der Waals surface area contributed by atoms with Crippen molar-refractivity contribution >= 4 is 33.7 Å². The molecule has 0 bridgehead atoms. The highest BCUT2D eigenvalue weighted by Crippen LogP contribution is 2.35. The summed E-state index contributed by atoms with van der Waals surface area (Å²) in [5.41, 5.74) is 4.69. The topological polar surface area (TPSA) is 65.6 Å². The maximum atomic E-state index is 5.46. The third-order valence-electron chi connectivity index (χ3n) is 6.84. The first-order chi connectivity index (χ1) is 18.5. The second-order valence-corrected chi connectivity index (χ2v) is 11.3. The van der Waals surface area contributed by atoms with Crippen LogP contribution in [0.2, 0.25) is 0 Å². The van der Waals surface area contributed by atoms with Gasteiger partial charge in [-0.15, -0.1) is 11.3 Å². The molecule has 5 rings (SSSR count). The van der Waals surface area contributed by atoms with Crippen molar-refractivity contribution in [1.29, 1.82) is 0 Å². The lowest BCUT2D eigenvalue weighted by Crippen LogP contribution is -2.38. The lowest BCUT2D eigenvalue weighted by atomic mass is 10.1. The molecule has 1 aliphatic rings. The predicted molar refractivity (Wildman–Crippen MR) is 159 cm³/mol. The Balaban J connectivity index is 1.32. The van der Waals surface area contributed by atoms with Crippen LogP contribution in [0.4, 0.5) is 11.5 Å². The first kappa shape index (κ1) is 26.6. The number of nitrogens with one attached hydrogen (secondary N) is 2. The van der Waals surface area contributed by atoms with Gasteiger partial charge in [0.25, 0.3) is 0 Å². The Hall–Kier alpha value is -3.04. The molecule has 1 fully saturated rings. The van der Waals surface area contributed by atoms with Crippen LogP contribution < -0.4 is 10.6 Å². The van der Waals surface area contributed by atoms with Gasteiger partial charge in [0.1, 0.15) is 11.6 Å². The number of aromatic nitrogens is 2. The van der Waals surface area contributed by atoms with Crippen molar-refractivity contribution in [3.63, 3.8) is 0 Å². The molecule has 2 aromatic heterocycles. The summed E-state index contributed by atoms with van der Waals surface area (Å²) in [6.07, 6.45) is 0. The summed E-state index contributed by atoms with van der Waals surface area (Å²) in [5, 5.41) is 8.31. The Morgan fingerprint density at radius 3 is 2.68 bits per heavy atom. The number of ether oxygens (including phenoxy) is 1. The van der Waals surface area contributed by atoms with E-state index < -0.39 is 0 Å². The summed E-state index contributed by atoms with van der Waals surface area (Å²) in [7, 11) is 4.23. The molecule has 8 heteroatoms. The summed E-state index contributed by atoms with van der Waals surface area (Å²) in [6, 6.07) is 19.6. The van der Waals surface area contributed by atoms with Crippen LogP contribution in [-0.4, -0.2) is 73.3 Å². The van der Waals surface area contributed by atoms with Crippen LogP contribution in [0.1, 0.15) is 29.2 Å². The number of hydrogen-bond donors (Lipinski definition) is 2. The van der Waals surface area contributed by atoms with Gasteiger partial charge in [-0.1, -0.05) is 24.3 Å². The fraction of sp³-hybridized carbons (Fsp3) is 0.400. The van der Waals surface area contributed by atoms with Crippen LogP contribution in [0.25, 0.3) is 21.3 Å². The van der Waals surface area contributed by atoms with Crippen LogP contribution in [0, 0.1) is 6.92 Å². The summed E-state index contributed by atoms with van der Waals surface area (Å²) < 4.78 is 5.46. The van der Waals surface area contributed by atoms with Crippen molar-refractivity contribution in [1.82, 2.24) is 19.8 Å². The minimum absolute atomic E-state index is 0.116. The average Bonchev–Trinajstić information content (AvgIpc) is 3.40. The lowest BCUT2D eigenvalue weighted by Gasteiger charge is -2.26. The zero-order valence-corrected chi connectivity index (χ0v) is 23.6. The van der Waals surface area contributed by atoms with Crippen LogP contribution in [0.5, 0.6) is 0 Å². The molecule has 2 N–H and O–H groups in total. The van der Waals surface area contributed by atoms with Crippen molar-refractivity contribution in [3.8, 4) is 10.4 Å². The van der Waals surface area contributed by atoms with Gasteiger partial charge in [-0.25, -0.2) is 9.97 Å². The zero-order valence-electron chi connectivity index (χ0n) is 22.8. The van der Waals surface area contributed by atoms with Gasteiger partial charge in [-0.2, -0.15) is 0 Å². The quantitative estimate of drug-likeness (QED) is 0.275. The molecular weight excluding hydrogens is 492 g/mol. The Kier molecular flexibility index (Phi) is 8.54. The van der Waals surface area contributed by atoms with Gasteiger partial charge in [0.2, 0.25) is 0 Å². The van der Waals surface area contributed by atoms with E-state index in [2.05, 4.69) is 101 Å². The molecule has 200 valence electrons. The van der Waals surface area contributed by atoms with Crippen molar-refractivity contribution < 1.29 is 4.74 Å². The maximum absolute atomic E-state index is 5.46. The van der Waals surface area contributed by atoms with E-state index in [1.165, 1.54) is 20.9 Å². The van der Waals surface area contributed by atoms with Crippen molar-refractivity contribution in [3.05, 3.63) is 70.9 Å². The monoisotopic (exact) mass is 530 g/mol. The predicted octanol–water partition coefficient (Wildman–Crippen LogP) is 5.65. The van der Waals surface area contributed by atoms with E-state index in [9.17, 15) is 0 Å². The summed E-state index contributed by atoms with van der Waals surface area (Å²) in [6.45, 7) is 10.6. The van der Waals surface area contributed by atoms with E-state index in [1.807, 2.05) is 18.3 Å². The van der Waals surface area contributed by atoms with E-state index >= 15 is 0 Å². The van der Waals surface area contributed by atoms with Crippen molar-refractivity contribution in [2.24, 2.45) is 0 Å². The molecular formula is C30H38N6OS. The Bertz CT molecular complexity index is 1360. The normalized spacial score (nSPS) is 15.2. The largest absolute Gasteiger partial charge is 0.384 e. The number of thiophene rings is 1. The first-order valence-corrected chi connectivity index (χ1v) is 14.2. The molecule has 1 atom stereocenters. The Morgan fingerprint density at radius 1 is 1.05 bits per heavy atom. The number of benzene rings is 2. The van der Waals surface area contributed by atoms with Gasteiger partial charge in [0.15, 0.2) is 0 Å². The standard InChI is InChI=1S/C30H38N6OS/c1-21(28-11-12-29(38-28)25-8-6-5-7-23(25)20-35(3)4)32-30-26-19-24(9-10-27(26)33-22(2)34-30)31-13-14-36-15-17-37-18-16-36/h5-12,19,21,31H,13-18,20H2,1-4H3,(H,32,33,34). The van der Waals surface area contributed by atoms with Gasteiger partial charge >= 0.3 is 0 Å². The molecule has 1 saturated heterocycles. The van der Waals surface area contributed by atoms with E-state index in [1.54, 1.807) is 0 Å². The minimum atomic E-state index is 0.116. The average molecular weight is 531 g/mol. The molecule has 2 aromatic carbocycles. The second-order valence-electron chi connectivity index (χ2n) is 10.2. The third kappa shape index (κ3) is 6.50. The molecule has 0 saturated carbocycles. The highest BCUT2D eigenvalue weighted by atomic mass is 32.1. The van der Waals surface area contributed by atoms with Crippen LogP contribution in [0.3, 0.4) is 0 Å². The fourth-order valence-electron chi connectivity index (χ4n) is 4.89. The molecule has 0 spiro atoms. The number of fused-ring (bicyclic) bond motifs is 1. The maximum Gasteiger partial charge on any atom is 0.138 e. The second kappa shape index (κ2) is 12.2. The molecule has 38 heavy (non-hydrogen) atoms. The van der Waals surface area contributed by atoms with E-state index in [0.29, 0.717) is 0 Å². The van der Waals surface area contributed by atoms with Gasteiger partial charge in [0.05, 0.1) is 24.8 Å². The molecule has 1 unspecified atom stereocenters. The van der Waals surface area contributed by atoms with Gasteiger partial charge in [-0.3, -0.25) is 4.90 Å². The molecule has 0 amide bonds. The highest BCUT2D eigenvalue weighted by molar-refractivity contribution is 7.15. The zero-order chi connectivity index (χ0) is 26.5. The minimum Gasteiger partial charge on any atom is -0.384 e. The molecule has 7 nitrogen and oxygen atoms in total. The van der Waals surface area contributed by atoms with Gasteiger partial charge in [-0.05, 0) is 69.4 Å². The highest BCUT2D eigenvalue weighted by Gasteiger charge is 2.15. The summed E-state index contributed by atoms with van der Waals surface area (Å²) in [4.78, 5) is 16.7. The molecule has 0 aliphatic carbocycles. The number of anilines is 2. The number of morpholine rings is 1. The third-order valence-corrected chi connectivity index (χ3v) is 8.15. The van der Waals surface area contributed by atoms with Gasteiger partial charge in [0, 0.05) is 53.6 Å². The Labute approximate surface area is 229 Å². The van der Waals surface area contributed by atoms with E-state index in [0.717, 1.165) is 74.2 Å². The van der Waals surface area contributed by atoms with E-state index in [4.69, 9.17) is 9.72 Å². The molecule has 0 radical (unpaired) electrons. The fourth-order valence-corrected chi connectivity index (χ4v) is 5.96. The van der Waals surface area contributed by atoms with Crippen molar-refractivity contribution in [2.75, 3.05) is 64.1 Å². The van der Waals surface area contributed by atoms with Crippen molar-refractivity contribution in [2.45, 2.75) is 26.4 Å². The molecule has 3 heterocycles. The van der Waals surface area contributed by atoms with E-state index in [-0.39, 0.29) is 6.04 Å². The number of rotatable bonds is 10. The number of nitrogens with zero attached hydrogens (tertiary/aromatic N) is 4. The van der Waals surface area contributed by atoms with Gasteiger partial charge < -0.3 is 20.3 Å². The first-order valence-electron chi connectivity index (χ1n) is 13.4. The lowest BCUT2D eigenvalue weighted by molar-refractivity contribution is 0.0398. The summed E-state index contributed by atoms with van der Waals surface area (Å²) in [5.74, 6) is 1.64. The number of hydrogen-bond acceptors (Lipinski definition) is 8. The number of aryl methyl sites for hydroxylation is 1. The SMILES string of the molecule is Cc1nc(NC(C)c2ccc(-c3ccccc3CN(C)C)s2)c2cc(NCCN3CCOCC3)ccc2n1. The van der Waals surface area contributed by atoms with Crippen LogP contribution in [-0.2, 0) is 11.3 Å². The molecule has 1 aliphatic heterocycles. The van der Waals surface area contributed by atoms with Crippen LogP contribution in [0.15, 0.2) is 54.6 Å². The molecule has 4 aromatic rings. The van der Waals surface area contributed by atoms with Crippen LogP contribution >= 0.6 is 11.3 Å². The Morgan fingerprint density at radius 2 is 1.87 bits per heavy atom. The smallest absolute Gasteiger partial charge is 0.138 e. The summed E-state index contributed by atoms with van der Waals surface area (Å²) >= 11 is 1.84.